The maximum atomic E-state index is 6.82. The van der Waals surface area contributed by atoms with Gasteiger partial charge in [-0.05, 0) is 61.6 Å². The van der Waals surface area contributed by atoms with Crippen LogP contribution in [-0.2, 0) is 0 Å². The molecule has 0 spiro atoms. The zero-order valence-corrected chi connectivity index (χ0v) is 26.6. The van der Waals surface area contributed by atoms with E-state index in [0.717, 1.165) is 50.0 Å². The highest BCUT2D eigenvalue weighted by Gasteiger charge is 2.28. The number of aliphatic imine (C=N–C) groups is 1. The van der Waals surface area contributed by atoms with Crippen molar-refractivity contribution in [2.24, 2.45) is 4.99 Å². The fraction of sp³-hybridized carbons (Fsp3) is 0.0444. The topological polar surface area (TPSA) is 49.6 Å². The van der Waals surface area contributed by atoms with E-state index in [1.54, 1.807) is 0 Å². The minimum absolute atomic E-state index is 0.223. The number of fused-ring (bicyclic) bond motifs is 7. The molecule has 4 nitrogen and oxygen atoms in total. The molecule has 9 aromatic rings. The van der Waals surface area contributed by atoms with Crippen LogP contribution in [0.3, 0.4) is 0 Å². The number of rotatable bonds is 4. The van der Waals surface area contributed by atoms with Crippen molar-refractivity contribution in [3.8, 4) is 11.1 Å². The molecule has 0 saturated carbocycles. The molecule has 232 valence electrons. The summed E-state index contributed by atoms with van der Waals surface area (Å²) in [5, 5.41) is 17.1. The lowest BCUT2D eigenvalue weighted by Crippen LogP contribution is -2.45. The van der Waals surface area contributed by atoms with Crippen molar-refractivity contribution in [1.29, 1.82) is 0 Å². The number of nitrogens with zero attached hydrogens (tertiary/aromatic N) is 1. The second-order valence-electron chi connectivity index (χ2n) is 12.8. The van der Waals surface area contributed by atoms with Gasteiger partial charge >= 0.3 is 0 Å². The van der Waals surface area contributed by atoms with Gasteiger partial charge in [-0.3, -0.25) is 5.32 Å². The van der Waals surface area contributed by atoms with E-state index in [1.807, 2.05) is 6.07 Å². The summed E-state index contributed by atoms with van der Waals surface area (Å²) in [6.07, 6.45) is -0.458. The second-order valence-corrected chi connectivity index (χ2v) is 12.8. The van der Waals surface area contributed by atoms with Crippen LogP contribution in [0.2, 0.25) is 0 Å². The Bertz CT molecular complexity index is 2740. The predicted molar refractivity (Wildman–Crippen MR) is 203 cm³/mol. The predicted octanol–water partition coefficient (Wildman–Crippen LogP) is 11.0. The molecule has 49 heavy (non-hydrogen) atoms. The van der Waals surface area contributed by atoms with Gasteiger partial charge in [-0.2, -0.15) is 0 Å². The van der Waals surface area contributed by atoms with Crippen molar-refractivity contribution in [3.63, 3.8) is 0 Å². The Labute approximate surface area is 283 Å². The molecular weight excluding hydrogens is 599 g/mol. The normalized spacial score (nSPS) is 16.4. The largest absolute Gasteiger partial charge is 0.455 e. The van der Waals surface area contributed by atoms with Gasteiger partial charge < -0.3 is 9.73 Å². The third-order valence-corrected chi connectivity index (χ3v) is 9.93. The molecule has 4 heteroatoms. The highest BCUT2D eigenvalue weighted by molar-refractivity contribution is 6.18. The number of benzene rings is 8. The molecule has 10 rings (SSSR count). The summed E-state index contributed by atoms with van der Waals surface area (Å²) in [5.74, 6) is 0.858. The van der Waals surface area contributed by atoms with Crippen LogP contribution in [0.4, 0.5) is 0 Å². The first-order valence-corrected chi connectivity index (χ1v) is 16.8. The highest BCUT2D eigenvalue weighted by Crippen LogP contribution is 2.42. The summed E-state index contributed by atoms with van der Waals surface area (Å²) in [6, 6.07) is 58.0. The standard InChI is InChI=1S/C45H31N3O/c1-2-13-29(14-3-1)43-46-44(32-25-24-28-12-4-5-15-30(28)26-32)48-45(47-43)38-22-11-23-40-41(38)37-21-10-20-36(42(37)49-40)39-27-31-16-6-7-17-33(31)34-18-8-9-19-35(34)39/h1-27,43,45,47H,(H,46,48). The molecule has 2 N–H and O–H groups in total. The van der Waals surface area contributed by atoms with E-state index in [9.17, 15) is 0 Å². The van der Waals surface area contributed by atoms with Crippen molar-refractivity contribution in [2.45, 2.75) is 12.3 Å². The molecule has 1 aliphatic rings. The maximum absolute atomic E-state index is 6.82. The van der Waals surface area contributed by atoms with Crippen LogP contribution in [0.15, 0.2) is 173 Å². The minimum Gasteiger partial charge on any atom is -0.455 e. The second kappa shape index (κ2) is 11.2. The number of nitrogens with one attached hydrogen (secondary N) is 2. The average molecular weight is 630 g/mol. The molecule has 1 aliphatic heterocycles. The molecular formula is C45H31N3O. The first kappa shape index (κ1) is 27.8. The lowest BCUT2D eigenvalue weighted by Gasteiger charge is -2.32. The molecule has 0 radical (unpaired) electrons. The average Bonchev–Trinajstić information content (AvgIpc) is 3.57. The zero-order chi connectivity index (χ0) is 32.3. The van der Waals surface area contributed by atoms with Crippen molar-refractivity contribution in [1.82, 2.24) is 10.6 Å². The number of para-hydroxylation sites is 1. The maximum Gasteiger partial charge on any atom is 0.143 e. The van der Waals surface area contributed by atoms with Gasteiger partial charge in [0.05, 0.1) is 0 Å². The molecule has 0 aliphatic carbocycles. The van der Waals surface area contributed by atoms with Crippen LogP contribution in [0.1, 0.15) is 29.0 Å². The van der Waals surface area contributed by atoms with Gasteiger partial charge in [0.1, 0.15) is 29.3 Å². The quantitative estimate of drug-likeness (QED) is 0.190. The van der Waals surface area contributed by atoms with E-state index in [4.69, 9.17) is 9.41 Å². The summed E-state index contributed by atoms with van der Waals surface area (Å²) in [6.45, 7) is 0. The summed E-state index contributed by atoms with van der Waals surface area (Å²) >= 11 is 0. The van der Waals surface area contributed by atoms with Crippen LogP contribution in [0, 0.1) is 0 Å². The molecule has 1 aromatic heterocycles. The van der Waals surface area contributed by atoms with Crippen LogP contribution < -0.4 is 10.6 Å². The Kier molecular flexibility index (Phi) is 6.36. The number of hydrogen-bond donors (Lipinski definition) is 2. The molecule has 2 atom stereocenters. The lowest BCUT2D eigenvalue weighted by atomic mass is 9.92. The molecule has 0 amide bonds. The van der Waals surface area contributed by atoms with Gasteiger partial charge in [0.2, 0.25) is 0 Å². The van der Waals surface area contributed by atoms with E-state index < -0.39 is 0 Å². The van der Waals surface area contributed by atoms with Crippen molar-refractivity contribution in [3.05, 3.63) is 180 Å². The molecule has 2 heterocycles. The van der Waals surface area contributed by atoms with Gasteiger partial charge in [-0.1, -0.05) is 146 Å². The van der Waals surface area contributed by atoms with Crippen molar-refractivity contribution in [2.75, 3.05) is 0 Å². The summed E-state index contributed by atoms with van der Waals surface area (Å²) in [5.41, 5.74) is 7.30. The number of amidine groups is 1. The minimum atomic E-state index is -0.234. The van der Waals surface area contributed by atoms with E-state index in [1.165, 1.54) is 37.9 Å². The van der Waals surface area contributed by atoms with E-state index in [2.05, 4.69) is 168 Å². The first-order chi connectivity index (χ1) is 24.3. The van der Waals surface area contributed by atoms with Gasteiger partial charge in [0.25, 0.3) is 0 Å². The Morgan fingerprint density at radius 3 is 2.10 bits per heavy atom. The van der Waals surface area contributed by atoms with E-state index in [-0.39, 0.29) is 12.3 Å². The molecule has 2 unspecified atom stereocenters. The number of hydrogen-bond acceptors (Lipinski definition) is 4. The van der Waals surface area contributed by atoms with Crippen LogP contribution >= 0.6 is 0 Å². The summed E-state index contributed by atoms with van der Waals surface area (Å²) in [4.78, 5) is 5.21. The van der Waals surface area contributed by atoms with Crippen molar-refractivity contribution < 1.29 is 4.42 Å². The summed E-state index contributed by atoms with van der Waals surface area (Å²) in [7, 11) is 0. The third kappa shape index (κ3) is 4.61. The van der Waals surface area contributed by atoms with Crippen molar-refractivity contribution >= 4 is 60.1 Å². The molecule has 0 saturated heterocycles. The Morgan fingerprint density at radius 2 is 1.22 bits per heavy atom. The van der Waals surface area contributed by atoms with E-state index in [0.29, 0.717) is 0 Å². The van der Waals surface area contributed by atoms with Gasteiger partial charge in [0.15, 0.2) is 0 Å². The SMILES string of the molecule is c1ccc(C2N=C(c3ccc4ccccc4c3)NC(c3cccc4oc5c(-c6cc7ccccc7c7ccccc67)cccc5c34)N2)cc1. The Balaban J connectivity index is 1.15. The molecule has 0 bridgehead atoms. The zero-order valence-electron chi connectivity index (χ0n) is 26.6. The first-order valence-electron chi connectivity index (χ1n) is 16.8. The lowest BCUT2D eigenvalue weighted by molar-refractivity contribution is 0.411. The summed E-state index contributed by atoms with van der Waals surface area (Å²) < 4.78 is 6.82. The van der Waals surface area contributed by atoms with Gasteiger partial charge in [0, 0.05) is 27.5 Å². The van der Waals surface area contributed by atoms with E-state index >= 15 is 0 Å². The fourth-order valence-electron chi connectivity index (χ4n) is 7.61. The van der Waals surface area contributed by atoms with Crippen LogP contribution in [0.25, 0.3) is 65.4 Å². The van der Waals surface area contributed by atoms with Gasteiger partial charge in [-0.15, -0.1) is 0 Å². The third-order valence-electron chi connectivity index (χ3n) is 9.93. The van der Waals surface area contributed by atoms with Crippen LogP contribution in [0.5, 0.6) is 0 Å². The molecule has 8 aromatic carbocycles. The Hall–Kier alpha value is -6.23. The monoisotopic (exact) mass is 629 g/mol. The highest BCUT2D eigenvalue weighted by atomic mass is 16.3. The van der Waals surface area contributed by atoms with Crippen LogP contribution in [-0.4, -0.2) is 5.84 Å². The smallest absolute Gasteiger partial charge is 0.143 e. The number of furan rings is 1. The Morgan fingerprint density at radius 1 is 0.510 bits per heavy atom. The van der Waals surface area contributed by atoms with Gasteiger partial charge in [-0.25, -0.2) is 4.99 Å². The fourth-order valence-corrected chi connectivity index (χ4v) is 7.61. The molecule has 0 fully saturated rings.